The van der Waals surface area contributed by atoms with E-state index >= 15 is 0 Å². The number of thiazole rings is 1. The molecule has 3 aromatic rings. The summed E-state index contributed by atoms with van der Waals surface area (Å²) in [6.45, 7) is 4.94. The number of hydrogen-bond acceptors (Lipinski definition) is 7. The first-order valence-electron chi connectivity index (χ1n) is 6.66. The Balaban J connectivity index is 1.65. The van der Waals surface area contributed by atoms with Crippen molar-refractivity contribution >= 4 is 27.8 Å². The van der Waals surface area contributed by atoms with Gasteiger partial charge in [0, 0.05) is 23.2 Å². The number of rotatable bonds is 5. The van der Waals surface area contributed by atoms with Crippen molar-refractivity contribution in [2.45, 2.75) is 26.3 Å². The lowest BCUT2D eigenvalue weighted by molar-refractivity contribution is 0.824. The molecule has 3 heterocycles. The van der Waals surface area contributed by atoms with Crippen molar-refractivity contribution in [1.82, 2.24) is 20.2 Å². The molecule has 5 nitrogen and oxygen atoms in total. The average Bonchev–Trinajstić information content (AvgIpc) is 3.15. The second-order valence-corrected chi connectivity index (χ2v) is 6.92. The van der Waals surface area contributed by atoms with Crippen molar-refractivity contribution < 1.29 is 0 Å². The molecule has 0 amide bonds. The zero-order chi connectivity index (χ0) is 14.7. The standard InChI is InChI=1S/C14H15N5S2/c1-9(2)12-18-19-14(21-12)17-8-10-7-16-13(20-10)11-5-3-4-6-15-11/h3-7,9H,8H2,1-2H3,(H,17,19). The van der Waals surface area contributed by atoms with Gasteiger partial charge < -0.3 is 5.32 Å². The lowest BCUT2D eigenvalue weighted by Gasteiger charge is -1.98. The fourth-order valence-corrected chi connectivity index (χ4v) is 3.27. The van der Waals surface area contributed by atoms with E-state index in [2.05, 4.69) is 39.3 Å². The number of pyridine rings is 1. The lowest BCUT2D eigenvalue weighted by Crippen LogP contribution is -1.96. The van der Waals surface area contributed by atoms with Gasteiger partial charge in [-0.05, 0) is 12.1 Å². The lowest BCUT2D eigenvalue weighted by atomic mass is 10.2. The largest absolute Gasteiger partial charge is 0.355 e. The van der Waals surface area contributed by atoms with Crippen LogP contribution in [-0.2, 0) is 6.54 Å². The molecule has 0 bridgehead atoms. The Morgan fingerprint density at radius 2 is 2.05 bits per heavy atom. The molecular weight excluding hydrogens is 302 g/mol. The maximum atomic E-state index is 4.42. The monoisotopic (exact) mass is 317 g/mol. The first kappa shape index (κ1) is 14.1. The van der Waals surface area contributed by atoms with E-state index in [1.54, 1.807) is 28.9 Å². The van der Waals surface area contributed by atoms with Crippen LogP contribution < -0.4 is 5.32 Å². The molecule has 0 aliphatic rings. The summed E-state index contributed by atoms with van der Waals surface area (Å²) in [6.07, 6.45) is 3.66. The third kappa shape index (κ3) is 3.43. The fraction of sp³-hybridized carbons (Fsp3) is 0.286. The van der Waals surface area contributed by atoms with Gasteiger partial charge in [-0.15, -0.1) is 21.5 Å². The molecule has 0 aliphatic heterocycles. The molecule has 1 N–H and O–H groups in total. The predicted molar refractivity (Wildman–Crippen MR) is 86.7 cm³/mol. The quantitative estimate of drug-likeness (QED) is 0.775. The summed E-state index contributed by atoms with van der Waals surface area (Å²) in [7, 11) is 0. The highest BCUT2D eigenvalue weighted by atomic mass is 32.1. The molecule has 0 aromatic carbocycles. The highest BCUT2D eigenvalue weighted by molar-refractivity contribution is 7.15. The average molecular weight is 317 g/mol. The Morgan fingerprint density at radius 3 is 2.76 bits per heavy atom. The first-order valence-corrected chi connectivity index (χ1v) is 8.29. The van der Waals surface area contributed by atoms with E-state index in [0.29, 0.717) is 12.5 Å². The van der Waals surface area contributed by atoms with Gasteiger partial charge in [0.2, 0.25) is 5.13 Å². The third-order valence-electron chi connectivity index (χ3n) is 2.79. The summed E-state index contributed by atoms with van der Waals surface area (Å²) in [5.74, 6) is 0.414. The normalized spacial score (nSPS) is 11.0. The Labute approximate surface area is 131 Å². The van der Waals surface area contributed by atoms with Crippen molar-refractivity contribution in [2.24, 2.45) is 0 Å². The fourth-order valence-electron chi connectivity index (χ4n) is 1.70. The molecule has 0 fully saturated rings. The summed E-state index contributed by atoms with van der Waals surface area (Å²) >= 11 is 3.24. The summed E-state index contributed by atoms with van der Waals surface area (Å²) in [6, 6.07) is 5.84. The van der Waals surface area contributed by atoms with Crippen LogP contribution in [0.1, 0.15) is 29.7 Å². The Bertz CT molecular complexity index is 705. The van der Waals surface area contributed by atoms with Gasteiger partial charge in [0.25, 0.3) is 0 Å². The highest BCUT2D eigenvalue weighted by Gasteiger charge is 2.09. The molecule has 0 saturated heterocycles. The van der Waals surface area contributed by atoms with Crippen molar-refractivity contribution in [3.63, 3.8) is 0 Å². The number of anilines is 1. The van der Waals surface area contributed by atoms with Crippen LogP contribution in [0.3, 0.4) is 0 Å². The molecule has 0 radical (unpaired) electrons. The summed E-state index contributed by atoms with van der Waals surface area (Å²) in [5.41, 5.74) is 0.909. The number of aromatic nitrogens is 4. The molecule has 7 heteroatoms. The van der Waals surface area contributed by atoms with Gasteiger partial charge in [-0.1, -0.05) is 31.3 Å². The van der Waals surface area contributed by atoms with Crippen molar-refractivity contribution in [1.29, 1.82) is 0 Å². The number of hydrogen-bond donors (Lipinski definition) is 1. The first-order chi connectivity index (χ1) is 10.2. The van der Waals surface area contributed by atoms with E-state index in [1.807, 2.05) is 24.4 Å². The minimum absolute atomic E-state index is 0.414. The number of nitrogens with one attached hydrogen (secondary N) is 1. The highest BCUT2D eigenvalue weighted by Crippen LogP contribution is 2.25. The molecule has 108 valence electrons. The maximum Gasteiger partial charge on any atom is 0.205 e. The van der Waals surface area contributed by atoms with Crippen LogP contribution in [0.2, 0.25) is 0 Å². The van der Waals surface area contributed by atoms with Crippen LogP contribution in [0.5, 0.6) is 0 Å². The zero-order valence-electron chi connectivity index (χ0n) is 11.8. The topological polar surface area (TPSA) is 63.6 Å². The Morgan fingerprint density at radius 1 is 1.14 bits per heavy atom. The molecule has 0 unspecified atom stereocenters. The molecule has 0 atom stereocenters. The zero-order valence-corrected chi connectivity index (χ0v) is 13.4. The van der Waals surface area contributed by atoms with Crippen LogP contribution in [0.4, 0.5) is 5.13 Å². The van der Waals surface area contributed by atoms with E-state index in [1.165, 1.54) is 0 Å². The molecular formula is C14H15N5S2. The van der Waals surface area contributed by atoms with Crippen LogP contribution in [-0.4, -0.2) is 20.2 Å². The van der Waals surface area contributed by atoms with Crippen LogP contribution in [0.25, 0.3) is 10.7 Å². The summed E-state index contributed by atoms with van der Waals surface area (Å²) < 4.78 is 0. The molecule has 3 aromatic heterocycles. The molecule has 0 spiro atoms. The smallest absolute Gasteiger partial charge is 0.205 e. The van der Waals surface area contributed by atoms with Crippen molar-refractivity contribution in [3.05, 3.63) is 40.5 Å². The minimum Gasteiger partial charge on any atom is -0.355 e. The van der Waals surface area contributed by atoms with Gasteiger partial charge in [-0.3, -0.25) is 4.98 Å². The number of nitrogens with zero attached hydrogens (tertiary/aromatic N) is 4. The van der Waals surface area contributed by atoms with Crippen LogP contribution in [0, 0.1) is 0 Å². The van der Waals surface area contributed by atoms with Gasteiger partial charge >= 0.3 is 0 Å². The maximum absolute atomic E-state index is 4.42. The van der Waals surface area contributed by atoms with E-state index < -0.39 is 0 Å². The minimum atomic E-state index is 0.414. The molecule has 0 aliphatic carbocycles. The van der Waals surface area contributed by atoms with E-state index in [4.69, 9.17) is 0 Å². The predicted octanol–water partition coefficient (Wildman–Crippen LogP) is 3.79. The molecule has 3 rings (SSSR count). The van der Waals surface area contributed by atoms with E-state index in [9.17, 15) is 0 Å². The van der Waals surface area contributed by atoms with E-state index in [0.717, 1.165) is 25.7 Å². The van der Waals surface area contributed by atoms with E-state index in [-0.39, 0.29) is 0 Å². The summed E-state index contributed by atoms with van der Waals surface area (Å²) in [5, 5.41) is 14.4. The van der Waals surface area contributed by atoms with Crippen molar-refractivity contribution in [3.8, 4) is 10.7 Å². The Kier molecular flexibility index (Phi) is 4.21. The van der Waals surface area contributed by atoms with Crippen molar-refractivity contribution in [2.75, 3.05) is 5.32 Å². The second kappa shape index (κ2) is 6.28. The summed E-state index contributed by atoms with van der Waals surface area (Å²) in [4.78, 5) is 9.88. The van der Waals surface area contributed by atoms with Gasteiger partial charge in [-0.25, -0.2) is 4.98 Å². The SMILES string of the molecule is CC(C)c1nnc(NCc2cnc(-c3ccccn3)s2)s1. The second-order valence-electron chi connectivity index (χ2n) is 4.80. The Hall–Kier alpha value is -1.86. The molecule has 0 saturated carbocycles. The third-order valence-corrected chi connectivity index (χ3v) is 4.99. The van der Waals surface area contributed by atoms with Gasteiger partial charge in [0.1, 0.15) is 10.0 Å². The van der Waals surface area contributed by atoms with Gasteiger partial charge in [0.15, 0.2) is 0 Å². The molecule has 21 heavy (non-hydrogen) atoms. The van der Waals surface area contributed by atoms with Crippen LogP contribution in [0.15, 0.2) is 30.6 Å². The van der Waals surface area contributed by atoms with Gasteiger partial charge in [0.05, 0.1) is 12.2 Å². The van der Waals surface area contributed by atoms with Gasteiger partial charge in [-0.2, -0.15) is 0 Å². The van der Waals surface area contributed by atoms with Crippen LogP contribution >= 0.6 is 22.7 Å².